The van der Waals surface area contributed by atoms with Crippen LogP contribution in [0.1, 0.15) is 0 Å². The van der Waals surface area contributed by atoms with Crippen molar-refractivity contribution in [3.8, 4) is 0 Å². The fourth-order valence-corrected chi connectivity index (χ4v) is 2.67. The van der Waals surface area contributed by atoms with Gasteiger partial charge in [-0.25, -0.2) is 4.98 Å². The van der Waals surface area contributed by atoms with E-state index in [4.69, 9.17) is 11.6 Å². The van der Waals surface area contributed by atoms with Gasteiger partial charge >= 0.3 is 0 Å². The van der Waals surface area contributed by atoms with Crippen molar-refractivity contribution in [2.75, 3.05) is 5.32 Å². The second-order valence-electron chi connectivity index (χ2n) is 3.48. The van der Waals surface area contributed by atoms with Crippen molar-refractivity contribution >= 4 is 50.8 Å². The lowest BCUT2D eigenvalue weighted by Crippen LogP contribution is -1.96. The van der Waals surface area contributed by atoms with Gasteiger partial charge in [-0.3, -0.25) is 0 Å². The van der Waals surface area contributed by atoms with Gasteiger partial charge in [-0.2, -0.15) is 8.78 Å². The van der Waals surface area contributed by atoms with E-state index in [2.05, 4.69) is 26.2 Å². The number of pyridine rings is 1. The minimum Gasteiger partial charge on any atom is -0.338 e. The van der Waals surface area contributed by atoms with Gasteiger partial charge in [0.1, 0.15) is 5.82 Å². The Morgan fingerprint density at radius 1 is 1.32 bits per heavy atom. The molecule has 0 saturated carbocycles. The molecule has 2 aromatic rings. The van der Waals surface area contributed by atoms with Crippen molar-refractivity contribution in [3.05, 3.63) is 46.0 Å². The van der Waals surface area contributed by atoms with Gasteiger partial charge < -0.3 is 5.32 Å². The monoisotopic (exact) mass is 364 g/mol. The Balaban J connectivity index is 2.27. The molecule has 19 heavy (non-hydrogen) atoms. The molecule has 1 aromatic carbocycles. The molecule has 1 N–H and O–H groups in total. The lowest BCUT2D eigenvalue weighted by molar-refractivity contribution is 0.252. The number of benzene rings is 1. The lowest BCUT2D eigenvalue weighted by Gasteiger charge is -2.11. The van der Waals surface area contributed by atoms with Crippen molar-refractivity contribution in [3.63, 3.8) is 0 Å². The lowest BCUT2D eigenvalue weighted by atomic mass is 10.3. The SMILES string of the molecule is FC(F)Sc1ccccc1Nc1ncc(Br)cc1Cl. The standard InChI is InChI=1S/C12H8BrClF2N2S/c13-7-5-8(14)11(17-6-7)18-9-3-1-2-4-10(9)19-12(15)16/h1-6,12H,(H,17,18). The molecule has 0 amide bonds. The molecule has 0 atom stereocenters. The molecule has 2 rings (SSSR count). The fraction of sp³-hybridized carbons (Fsp3) is 0.0833. The Morgan fingerprint density at radius 2 is 2.05 bits per heavy atom. The van der Waals surface area contributed by atoms with E-state index in [1.54, 1.807) is 36.5 Å². The molecule has 100 valence electrons. The number of aromatic nitrogens is 1. The molecule has 0 aliphatic rings. The van der Waals surface area contributed by atoms with E-state index in [1.807, 2.05) is 0 Å². The van der Waals surface area contributed by atoms with Gasteiger partial charge in [0.2, 0.25) is 0 Å². The van der Waals surface area contributed by atoms with Crippen molar-refractivity contribution in [2.24, 2.45) is 0 Å². The summed E-state index contributed by atoms with van der Waals surface area (Å²) in [6.45, 7) is 0. The Bertz CT molecular complexity index is 583. The van der Waals surface area contributed by atoms with Gasteiger partial charge in [-0.15, -0.1) is 0 Å². The molecule has 0 aliphatic heterocycles. The minimum atomic E-state index is -2.48. The van der Waals surface area contributed by atoms with Crippen LogP contribution in [0.2, 0.25) is 5.02 Å². The van der Waals surface area contributed by atoms with E-state index in [0.717, 1.165) is 4.47 Å². The number of alkyl halides is 2. The van der Waals surface area contributed by atoms with Crippen molar-refractivity contribution < 1.29 is 8.78 Å². The number of rotatable bonds is 4. The first-order chi connectivity index (χ1) is 9.06. The summed E-state index contributed by atoms with van der Waals surface area (Å²) in [5.41, 5.74) is 0.546. The highest BCUT2D eigenvalue weighted by Gasteiger charge is 2.11. The summed E-state index contributed by atoms with van der Waals surface area (Å²) in [5, 5.41) is 3.36. The van der Waals surface area contributed by atoms with Crippen LogP contribution in [0.25, 0.3) is 0 Å². The number of nitrogens with zero attached hydrogens (tertiary/aromatic N) is 1. The van der Waals surface area contributed by atoms with Gasteiger partial charge in [0.05, 0.1) is 10.7 Å². The zero-order valence-electron chi connectivity index (χ0n) is 9.41. The molecule has 7 heteroatoms. The van der Waals surface area contributed by atoms with Gasteiger partial charge in [0.15, 0.2) is 0 Å². The average molecular weight is 366 g/mol. The number of para-hydroxylation sites is 1. The Labute approximate surface area is 126 Å². The van der Waals surface area contributed by atoms with E-state index in [0.29, 0.717) is 33.2 Å². The van der Waals surface area contributed by atoms with Crippen molar-refractivity contribution in [1.29, 1.82) is 0 Å². The average Bonchev–Trinajstić information content (AvgIpc) is 2.34. The predicted octanol–water partition coefficient (Wildman–Crippen LogP) is 5.56. The summed E-state index contributed by atoms with van der Waals surface area (Å²) in [4.78, 5) is 4.55. The van der Waals surface area contributed by atoms with E-state index in [1.165, 1.54) is 0 Å². The maximum Gasteiger partial charge on any atom is 0.288 e. The highest BCUT2D eigenvalue weighted by Crippen LogP contribution is 2.34. The van der Waals surface area contributed by atoms with Gasteiger partial charge in [0, 0.05) is 15.6 Å². The summed E-state index contributed by atoms with van der Waals surface area (Å²) in [5.74, 6) is -2.05. The first-order valence-corrected chi connectivity index (χ1v) is 7.23. The summed E-state index contributed by atoms with van der Waals surface area (Å²) >= 11 is 9.76. The van der Waals surface area contributed by atoms with Crippen LogP contribution in [0.3, 0.4) is 0 Å². The van der Waals surface area contributed by atoms with Crippen LogP contribution >= 0.6 is 39.3 Å². The minimum absolute atomic E-state index is 0.409. The second-order valence-corrected chi connectivity index (χ2v) is 5.84. The zero-order valence-corrected chi connectivity index (χ0v) is 12.6. The summed E-state index contributed by atoms with van der Waals surface area (Å²) in [6, 6.07) is 8.45. The molecular formula is C12H8BrClF2N2S. The number of nitrogens with one attached hydrogen (secondary N) is 1. The summed E-state index contributed by atoms with van der Waals surface area (Å²) in [6.07, 6.45) is 1.58. The van der Waals surface area contributed by atoms with E-state index >= 15 is 0 Å². The van der Waals surface area contributed by atoms with E-state index in [9.17, 15) is 8.78 Å². The number of anilines is 2. The first-order valence-electron chi connectivity index (χ1n) is 5.18. The van der Waals surface area contributed by atoms with Gasteiger partial charge in [-0.05, 0) is 34.1 Å². The van der Waals surface area contributed by atoms with Gasteiger partial charge in [0.25, 0.3) is 5.76 Å². The molecule has 1 heterocycles. The molecule has 0 unspecified atom stereocenters. The third kappa shape index (κ3) is 4.06. The predicted molar refractivity (Wildman–Crippen MR) is 78.5 cm³/mol. The maximum atomic E-state index is 12.5. The van der Waals surface area contributed by atoms with Gasteiger partial charge in [-0.1, -0.05) is 35.5 Å². The molecule has 0 spiro atoms. The van der Waals surface area contributed by atoms with Crippen LogP contribution in [-0.4, -0.2) is 10.7 Å². The highest BCUT2D eigenvalue weighted by atomic mass is 79.9. The van der Waals surface area contributed by atoms with Crippen LogP contribution in [0.15, 0.2) is 45.9 Å². The van der Waals surface area contributed by atoms with Crippen LogP contribution in [0.4, 0.5) is 20.3 Å². The van der Waals surface area contributed by atoms with Crippen molar-refractivity contribution in [1.82, 2.24) is 4.98 Å². The third-order valence-corrected chi connectivity index (χ3v) is 3.67. The molecule has 1 aromatic heterocycles. The van der Waals surface area contributed by atoms with E-state index in [-0.39, 0.29) is 0 Å². The summed E-state index contributed by atoms with van der Waals surface area (Å²) < 4.78 is 25.7. The van der Waals surface area contributed by atoms with Crippen LogP contribution in [0.5, 0.6) is 0 Å². The normalized spacial score (nSPS) is 10.8. The second kappa shape index (κ2) is 6.54. The first kappa shape index (κ1) is 14.6. The fourth-order valence-electron chi connectivity index (χ4n) is 1.40. The molecule has 0 radical (unpaired) electrons. The van der Waals surface area contributed by atoms with E-state index < -0.39 is 5.76 Å². The largest absolute Gasteiger partial charge is 0.338 e. The van der Waals surface area contributed by atoms with Crippen LogP contribution in [0, 0.1) is 0 Å². The quantitative estimate of drug-likeness (QED) is 0.718. The number of hydrogen-bond acceptors (Lipinski definition) is 3. The maximum absolute atomic E-state index is 12.5. The molecule has 0 bridgehead atoms. The summed E-state index contributed by atoms with van der Waals surface area (Å²) in [7, 11) is 0. The number of hydrogen-bond donors (Lipinski definition) is 1. The third-order valence-electron chi connectivity index (χ3n) is 2.16. The Morgan fingerprint density at radius 3 is 2.74 bits per heavy atom. The van der Waals surface area contributed by atoms with Crippen LogP contribution < -0.4 is 5.32 Å². The molecule has 0 saturated heterocycles. The Hall–Kier alpha value is -0.850. The number of halogens is 4. The molecule has 2 nitrogen and oxygen atoms in total. The topological polar surface area (TPSA) is 24.9 Å². The van der Waals surface area contributed by atoms with Crippen LogP contribution in [-0.2, 0) is 0 Å². The smallest absolute Gasteiger partial charge is 0.288 e. The molecular weight excluding hydrogens is 358 g/mol. The molecule has 0 fully saturated rings. The number of thioether (sulfide) groups is 1. The Kier molecular flexibility index (Phi) is 5.01. The highest BCUT2D eigenvalue weighted by molar-refractivity contribution is 9.10. The zero-order chi connectivity index (χ0) is 13.8. The van der Waals surface area contributed by atoms with Crippen molar-refractivity contribution in [2.45, 2.75) is 10.7 Å². The molecule has 0 aliphatic carbocycles.